The number of aryl methyl sites for hydroxylation is 1. The molecule has 2 aliphatic rings. The second kappa shape index (κ2) is 15.0. The Morgan fingerprint density at radius 2 is 1.30 bits per heavy atom. The van der Waals surface area contributed by atoms with Crippen molar-refractivity contribution >= 4 is 34.6 Å². The smallest absolute Gasteiger partial charge is 0.228 e. The summed E-state index contributed by atoms with van der Waals surface area (Å²) in [5.41, 5.74) is 1.24. The van der Waals surface area contributed by atoms with E-state index < -0.39 is 0 Å². The quantitative estimate of drug-likeness (QED) is 0.232. The molecule has 0 aromatic carbocycles. The molecule has 16 heteroatoms. The Bertz CT molecular complexity index is 1350. The summed E-state index contributed by atoms with van der Waals surface area (Å²) >= 11 is 0. The van der Waals surface area contributed by atoms with Crippen molar-refractivity contribution in [1.82, 2.24) is 34.7 Å². The van der Waals surface area contributed by atoms with Crippen LogP contribution in [0.1, 0.15) is 24.5 Å². The van der Waals surface area contributed by atoms with Crippen molar-refractivity contribution in [3.63, 3.8) is 0 Å². The molecule has 0 amide bonds. The Hall–Kier alpha value is -3.44. The second-order valence-corrected chi connectivity index (χ2v) is 10.9. The number of piperidine rings is 1. The normalized spacial score (nSPS) is 15.7. The Morgan fingerprint density at radius 1 is 0.727 bits per heavy atom. The minimum atomic E-state index is -0.104. The van der Waals surface area contributed by atoms with Crippen molar-refractivity contribution in [3.8, 4) is 0 Å². The van der Waals surface area contributed by atoms with Gasteiger partial charge in [0.1, 0.15) is 22.7 Å². The SMILES string of the molecule is COCCN(CCOC)c1nc(N2CCn3nc(C)nc3C2)c2nc(N(CCO)CCO)nc(N3CCC(OC)CC3)c2n1. The van der Waals surface area contributed by atoms with Crippen molar-refractivity contribution in [2.24, 2.45) is 0 Å². The molecule has 0 unspecified atom stereocenters. The Morgan fingerprint density at radius 3 is 1.84 bits per heavy atom. The first-order valence-corrected chi connectivity index (χ1v) is 15.2. The van der Waals surface area contributed by atoms with E-state index in [4.69, 9.17) is 34.1 Å². The molecule has 1 fully saturated rings. The van der Waals surface area contributed by atoms with Crippen LogP contribution >= 0.6 is 0 Å². The largest absolute Gasteiger partial charge is 0.395 e. The number of aromatic nitrogens is 7. The predicted molar refractivity (Wildman–Crippen MR) is 166 cm³/mol. The molecule has 16 nitrogen and oxygen atoms in total. The van der Waals surface area contributed by atoms with Crippen LogP contribution in [-0.4, -0.2) is 145 Å². The van der Waals surface area contributed by atoms with Gasteiger partial charge in [-0.05, 0) is 19.8 Å². The highest BCUT2D eigenvalue weighted by Gasteiger charge is 2.30. The number of hydrogen-bond acceptors (Lipinski definition) is 15. The zero-order valence-electron chi connectivity index (χ0n) is 26.2. The third-order valence-corrected chi connectivity index (χ3v) is 8.06. The molecule has 1 saturated heterocycles. The van der Waals surface area contributed by atoms with E-state index in [-0.39, 0.29) is 32.4 Å². The van der Waals surface area contributed by atoms with Crippen LogP contribution in [0.2, 0.25) is 0 Å². The molecule has 242 valence electrons. The summed E-state index contributed by atoms with van der Waals surface area (Å²) in [6, 6.07) is 0. The van der Waals surface area contributed by atoms with E-state index in [2.05, 4.69) is 24.8 Å². The number of aliphatic hydroxyl groups excluding tert-OH is 2. The standard InChI is InChI=1S/C28H45N11O5/c1-20-29-22-19-38(9-10-39(22)34-20)26-24-23(30-28(33-26)37(13-17-42-2)14-18-43-3)25(35-7-5-21(44-4)6-8-35)32-27(31-24)36(11-15-40)12-16-41/h21,40-41H,5-19H2,1-4H3. The molecule has 2 aliphatic heterocycles. The minimum Gasteiger partial charge on any atom is -0.395 e. The maximum Gasteiger partial charge on any atom is 0.228 e. The predicted octanol–water partition coefficient (Wildman–Crippen LogP) is -0.155. The van der Waals surface area contributed by atoms with E-state index in [0.717, 1.165) is 37.6 Å². The van der Waals surface area contributed by atoms with E-state index >= 15 is 0 Å². The number of rotatable bonds is 15. The maximum absolute atomic E-state index is 9.83. The summed E-state index contributed by atoms with van der Waals surface area (Å²) in [6.07, 6.45) is 1.90. The number of aliphatic hydroxyl groups is 2. The summed E-state index contributed by atoms with van der Waals surface area (Å²) in [5, 5.41) is 24.2. The van der Waals surface area contributed by atoms with Gasteiger partial charge in [-0.25, -0.2) is 19.6 Å². The van der Waals surface area contributed by atoms with E-state index in [1.54, 1.807) is 26.2 Å². The topological polar surface area (TPSA) is 163 Å². The molecule has 0 radical (unpaired) electrons. The van der Waals surface area contributed by atoms with Crippen LogP contribution in [0.3, 0.4) is 0 Å². The van der Waals surface area contributed by atoms with E-state index in [9.17, 15) is 10.2 Å². The number of anilines is 4. The molecule has 3 aromatic heterocycles. The van der Waals surface area contributed by atoms with Crippen LogP contribution in [-0.2, 0) is 27.3 Å². The Balaban J connectivity index is 1.70. The highest BCUT2D eigenvalue weighted by Crippen LogP contribution is 2.35. The second-order valence-electron chi connectivity index (χ2n) is 10.9. The summed E-state index contributed by atoms with van der Waals surface area (Å²) in [4.78, 5) is 33.2. The molecule has 0 aliphatic carbocycles. The van der Waals surface area contributed by atoms with Crippen molar-refractivity contribution in [2.75, 3.05) is 113 Å². The first-order valence-electron chi connectivity index (χ1n) is 15.2. The van der Waals surface area contributed by atoms with Gasteiger partial charge in [-0.1, -0.05) is 0 Å². The fraction of sp³-hybridized carbons (Fsp3) is 0.714. The Labute approximate surface area is 257 Å². The molecule has 0 saturated carbocycles. The van der Waals surface area contributed by atoms with Gasteiger partial charge < -0.3 is 44.0 Å². The lowest BCUT2D eigenvalue weighted by atomic mass is 10.1. The highest BCUT2D eigenvalue weighted by atomic mass is 16.5. The third kappa shape index (κ3) is 7.10. The van der Waals surface area contributed by atoms with Crippen molar-refractivity contribution in [2.45, 2.75) is 39.0 Å². The van der Waals surface area contributed by atoms with Gasteiger partial charge in [0.25, 0.3) is 0 Å². The van der Waals surface area contributed by atoms with Gasteiger partial charge in [0.15, 0.2) is 11.6 Å². The van der Waals surface area contributed by atoms with Crippen LogP contribution in [0, 0.1) is 6.92 Å². The summed E-state index contributed by atoms with van der Waals surface area (Å²) in [6.45, 7) is 7.68. The Kier molecular flexibility index (Phi) is 10.9. The van der Waals surface area contributed by atoms with Crippen LogP contribution in [0.15, 0.2) is 0 Å². The highest BCUT2D eigenvalue weighted by molar-refractivity contribution is 5.95. The van der Waals surface area contributed by atoms with E-state index in [1.807, 2.05) is 11.6 Å². The number of nitrogens with zero attached hydrogens (tertiary/aromatic N) is 11. The fourth-order valence-corrected chi connectivity index (χ4v) is 5.70. The molecule has 5 rings (SSSR count). The first-order chi connectivity index (χ1) is 21.5. The maximum atomic E-state index is 9.83. The average molecular weight is 616 g/mol. The molecule has 0 spiro atoms. The molecule has 44 heavy (non-hydrogen) atoms. The molecular weight excluding hydrogens is 570 g/mol. The van der Waals surface area contributed by atoms with Gasteiger partial charge in [-0.3, -0.25) is 0 Å². The van der Waals surface area contributed by atoms with Gasteiger partial charge in [0, 0.05) is 67.1 Å². The average Bonchev–Trinajstić information content (AvgIpc) is 3.43. The molecule has 0 bridgehead atoms. The molecular formula is C28H45N11O5. The van der Waals surface area contributed by atoms with Crippen molar-refractivity contribution in [3.05, 3.63) is 11.6 Å². The van der Waals surface area contributed by atoms with Crippen LogP contribution < -0.4 is 19.6 Å². The molecule has 3 aromatic rings. The van der Waals surface area contributed by atoms with Gasteiger partial charge >= 0.3 is 0 Å². The zero-order chi connectivity index (χ0) is 31.1. The molecule has 2 N–H and O–H groups in total. The van der Waals surface area contributed by atoms with Crippen LogP contribution in [0.5, 0.6) is 0 Å². The number of ether oxygens (including phenoxy) is 3. The summed E-state index contributed by atoms with van der Waals surface area (Å²) in [7, 11) is 5.10. The number of fused-ring (bicyclic) bond motifs is 2. The third-order valence-electron chi connectivity index (χ3n) is 8.06. The van der Waals surface area contributed by atoms with Crippen molar-refractivity contribution in [1.29, 1.82) is 0 Å². The summed E-state index contributed by atoms with van der Waals surface area (Å²) in [5.74, 6) is 3.90. The van der Waals surface area contributed by atoms with Crippen LogP contribution in [0.4, 0.5) is 23.5 Å². The lowest BCUT2D eigenvalue weighted by Gasteiger charge is -2.34. The monoisotopic (exact) mass is 615 g/mol. The van der Waals surface area contributed by atoms with E-state index in [1.165, 1.54) is 0 Å². The zero-order valence-corrected chi connectivity index (χ0v) is 26.2. The fourth-order valence-electron chi connectivity index (χ4n) is 5.70. The number of hydrogen-bond donors (Lipinski definition) is 2. The van der Waals surface area contributed by atoms with Gasteiger partial charge in [0.05, 0.1) is 45.6 Å². The lowest BCUT2D eigenvalue weighted by Crippen LogP contribution is -2.39. The van der Waals surface area contributed by atoms with Gasteiger partial charge in [-0.15, -0.1) is 0 Å². The van der Waals surface area contributed by atoms with E-state index in [0.29, 0.717) is 80.5 Å². The lowest BCUT2D eigenvalue weighted by molar-refractivity contribution is 0.0818. The minimum absolute atomic E-state index is 0.104. The number of methoxy groups -OCH3 is 3. The first kappa shape index (κ1) is 32.0. The van der Waals surface area contributed by atoms with Crippen molar-refractivity contribution < 1.29 is 24.4 Å². The van der Waals surface area contributed by atoms with Crippen LogP contribution in [0.25, 0.3) is 11.0 Å². The van der Waals surface area contributed by atoms with Gasteiger partial charge in [-0.2, -0.15) is 15.1 Å². The van der Waals surface area contributed by atoms with Gasteiger partial charge in [0.2, 0.25) is 11.9 Å². The molecule has 0 atom stereocenters. The molecule has 5 heterocycles. The summed E-state index contributed by atoms with van der Waals surface area (Å²) < 4.78 is 18.4.